The van der Waals surface area contributed by atoms with Crippen molar-refractivity contribution in [2.45, 2.75) is 70.5 Å². The van der Waals surface area contributed by atoms with Crippen LogP contribution in [0.1, 0.15) is 56.6 Å². The van der Waals surface area contributed by atoms with E-state index in [2.05, 4.69) is 5.32 Å². The van der Waals surface area contributed by atoms with Crippen molar-refractivity contribution in [1.82, 2.24) is 10.2 Å². The van der Waals surface area contributed by atoms with Crippen molar-refractivity contribution < 1.29 is 14.0 Å². The smallest absolute Gasteiger partial charge is 0.243 e. The summed E-state index contributed by atoms with van der Waals surface area (Å²) in [6.07, 6.45) is 5.92. The molecule has 1 saturated carbocycles. The zero-order chi connectivity index (χ0) is 23.1. The molecule has 1 aliphatic carbocycles. The van der Waals surface area contributed by atoms with Crippen molar-refractivity contribution in [2.24, 2.45) is 0 Å². The van der Waals surface area contributed by atoms with E-state index in [-0.39, 0.29) is 36.6 Å². The highest BCUT2D eigenvalue weighted by atomic mass is 35.5. The highest BCUT2D eigenvalue weighted by molar-refractivity contribution is 6.42. The first-order chi connectivity index (χ1) is 15.4. The van der Waals surface area contributed by atoms with Crippen molar-refractivity contribution in [3.05, 3.63) is 69.5 Å². The highest BCUT2D eigenvalue weighted by Crippen LogP contribution is 2.24. The van der Waals surface area contributed by atoms with Gasteiger partial charge in [-0.05, 0) is 54.7 Å². The first-order valence-electron chi connectivity index (χ1n) is 11.2. The number of rotatable bonds is 8. The molecule has 1 fully saturated rings. The molecule has 4 nitrogen and oxygen atoms in total. The summed E-state index contributed by atoms with van der Waals surface area (Å²) in [6, 6.07) is 10.6. The van der Waals surface area contributed by atoms with Crippen molar-refractivity contribution in [3.63, 3.8) is 0 Å². The molecule has 0 aliphatic heterocycles. The first kappa shape index (κ1) is 24.5. The molecule has 1 N–H and O–H groups in total. The average Bonchev–Trinajstić information content (AvgIpc) is 2.78. The van der Waals surface area contributed by atoms with E-state index in [9.17, 15) is 14.0 Å². The van der Waals surface area contributed by atoms with Crippen LogP contribution in [-0.4, -0.2) is 28.8 Å². The molecule has 0 unspecified atom stereocenters. The minimum Gasteiger partial charge on any atom is -0.352 e. The summed E-state index contributed by atoms with van der Waals surface area (Å²) in [5.74, 6) is -0.674. The quantitative estimate of drug-likeness (QED) is 0.510. The van der Waals surface area contributed by atoms with Crippen molar-refractivity contribution in [2.75, 3.05) is 0 Å². The van der Waals surface area contributed by atoms with Gasteiger partial charge in [0, 0.05) is 12.6 Å². The zero-order valence-electron chi connectivity index (χ0n) is 18.3. The van der Waals surface area contributed by atoms with E-state index in [1.165, 1.54) is 18.6 Å². The Morgan fingerprint density at radius 3 is 2.31 bits per heavy atom. The van der Waals surface area contributed by atoms with Crippen LogP contribution in [0.5, 0.6) is 0 Å². The van der Waals surface area contributed by atoms with Gasteiger partial charge in [-0.1, -0.05) is 67.6 Å². The fourth-order valence-corrected chi connectivity index (χ4v) is 4.50. The monoisotopic (exact) mass is 478 g/mol. The van der Waals surface area contributed by atoms with Crippen LogP contribution in [0.2, 0.25) is 10.0 Å². The number of hydrogen-bond acceptors (Lipinski definition) is 2. The Morgan fingerprint density at radius 1 is 1.03 bits per heavy atom. The average molecular weight is 479 g/mol. The van der Waals surface area contributed by atoms with E-state index >= 15 is 0 Å². The molecule has 2 aromatic carbocycles. The Morgan fingerprint density at radius 2 is 1.69 bits per heavy atom. The van der Waals surface area contributed by atoms with Gasteiger partial charge in [-0.15, -0.1) is 0 Å². The summed E-state index contributed by atoms with van der Waals surface area (Å²) in [5.41, 5.74) is 1.48. The Hall–Kier alpha value is -2.11. The van der Waals surface area contributed by atoms with Gasteiger partial charge >= 0.3 is 0 Å². The number of benzene rings is 2. The fourth-order valence-electron chi connectivity index (χ4n) is 4.18. The molecule has 0 aromatic heterocycles. The number of carbonyl (C=O) groups excluding carboxylic acids is 2. The van der Waals surface area contributed by atoms with Crippen LogP contribution < -0.4 is 5.32 Å². The summed E-state index contributed by atoms with van der Waals surface area (Å²) < 4.78 is 13.4. The molecule has 1 atom stereocenters. The van der Waals surface area contributed by atoms with Gasteiger partial charge in [0.2, 0.25) is 11.8 Å². The maximum atomic E-state index is 13.4. The zero-order valence-corrected chi connectivity index (χ0v) is 19.8. The van der Waals surface area contributed by atoms with Gasteiger partial charge in [-0.3, -0.25) is 9.59 Å². The summed E-state index contributed by atoms with van der Waals surface area (Å²) >= 11 is 12.1. The van der Waals surface area contributed by atoms with Gasteiger partial charge in [0.15, 0.2) is 0 Å². The molecule has 0 saturated heterocycles. The van der Waals surface area contributed by atoms with Crippen LogP contribution >= 0.6 is 23.2 Å². The number of amides is 2. The first-order valence-corrected chi connectivity index (χ1v) is 11.9. The van der Waals surface area contributed by atoms with Gasteiger partial charge in [0.25, 0.3) is 0 Å². The third-order valence-electron chi connectivity index (χ3n) is 5.94. The predicted molar refractivity (Wildman–Crippen MR) is 126 cm³/mol. The Balaban J connectivity index is 1.81. The van der Waals surface area contributed by atoms with Gasteiger partial charge in [-0.2, -0.15) is 0 Å². The SMILES string of the molecule is CC[C@H](C(=O)NC1CCCCC1)N(Cc1ccc(F)cc1)C(=O)Cc1ccc(Cl)c(Cl)c1. The third-order valence-corrected chi connectivity index (χ3v) is 6.68. The molecule has 0 spiro atoms. The second kappa shape index (κ2) is 11.7. The molecule has 1 aliphatic rings. The van der Waals surface area contributed by atoms with E-state index in [1.807, 2.05) is 6.92 Å². The van der Waals surface area contributed by atoms with Crippen LogP contribution in [0.25, 0.3) is 0 Å². The third kappa shape index (κ3) is 6.69. The topological polar surface area (TPSA) is 49.4 Å². The van der Waals surface area contributed by atoms with Gasteiger partial charge in [0.1, 0.15) is 11.9 Å². The molecule has 3 rings (SSSR count). The fraction of sp³-hybridized carbons (Fsp3) is 0.440. The summed E-state index contributed by atoms with van der Waals surface area (Å²) in [5, 5.41) is 3.95. The maximum Gasteiger partial charge on any atom is 0.243 e. The van der Waals surface area contributed by atoms with Gasteiger partial charge in [0.05, 0.1) is 16.5 Å². The number of hydrogen-bond donors (Lipinski definition) is 1. The lowest BCUT2D eigenvalue weighted by atomic mass is 9.95. The van der Waals surface area contributed by atoms with E-state index in [4.69, 9.17) is 23.2 Å². The molecule has 172 valence electrons. The number of halogens is 3. The second-order valence-corrected chi connectivity index (χ2v) is 9.16. The van der Waals surface area contributed by atoms with Crippen molar-refractivity contribution in [3.8, 4) is 0 Å². The van der Waals surface area contributed by atoms with Crippen molar-refractivity contribution >= 4 is 35.0 Å². The molecule has 2 aromatic rings. The van der Waals surface area contributed by atoms with Gasteiger partial charge < -0.3 is 10.2 Å². The van der Waals surface area contributed by atoms with Crippen LogP contribution in [0, 0.1) is 5.82 Å². The summed E-state index contributed by atoms with van der Waals surface area (Å²) in [6.45, 7) is 2.12. The van der Waals surface area contributed by atoms with Crippen LogP contribution in [-0.2, 0) is 22.6 Å². The molecular formula is C25H29Cl2FN2O2. The highest BCUT2D eigenvalue weighted by Gasteiger charge is 2.30. The number of carbonyl (C=O) groups is 2. The standard InChI is InChI=1S/C25H29Cl2FN2O2/c1-2-23(25(32)29-20-6-4-3-5-7-20)30(16-17-8-11-19(28)12-9-17)24(31)15-18-10-13-21(26)22(27)14-18/h8-14,20,23H,2-7,15-16H2,1H3,(H,29,32)/t23-/m1/s1. The maximum absolute atomic E-state index is 13.4. The molecule has 7 heteroatoms. The Kier molecular flexibility index (Phi) is 8.94. The summed E-state index contributed by atoms with van der Waals surface area (Å²) in [7, 11) is 0. The minimum atomic E-state index is -0.614. The normalized spacial score (nSPS) is 15.2. The van der Waals surface area contributed by atoms with E-state index in [0.29, 0.717) is 16.5 Å². The predicted octanol–water partition coefficient (Wildman–Crippen LogP) is 5.93. The van der Waals surface area contributed by atoms with Crippen LogP contribution in [0.4, 0.5) is 4.39 Å². The molecule has 2 amide bonds. The lowest BCUT2D eigenvalue weighted by Crippen LogP contribution is -2.51. The Labute approximate surface area is 199 Å². The summed E-state index contributed by atoms with van der Waals surface area (Å²) in [4.78, 5) is 28.1. The lowest BCUT2D eigenvalue weighted by molar-refractivity contribution is -0.141. The van der Waals surface area contributed by atoms with E-state index < -0.39 is 6.04 Å². The van der Waals surface area contributed by atoms with Gasteiger partial charge in [-0.25, -0.2) is 4.39 Å². The molecular weight excluding hydrogens is 450 g/mol. The molecule has 32 heavy (non-hydrogen) atoms. The van der Waals surface area contributed by atoms with Crippen molar-refractivity contribution in [1.29, 1.82) is 0 Å². The van der Waals surface area contributed by atoms with Crippen LogP contribution in [0.3, 0.4) is 0 Å². The Bertz CT molecular complexity index is 930. The number of nitrogens with zero attached hydrogens (tertiary/aromatic N) is 1. The molecule has 0 heterocycles. The largest absolute Gasteiger partial charge is 0.352 e. The van der Waals surface area contributed by atoms with E-state index in [1.54, 1.807) is 35.2 Å². The minimum absolute atomic E-state index is 0.0886. The van der Waals surface area contributed by atoms with Crippen LogP contribution in [0.15, 0.2) is 42.5 Å². The lowest BCUT2D eigenvalue weighted by Gasteiger charge is -2.33. The number of nitrogens with one attached hydrogen (secondary N) is 1. The molecule has 0 bridgehead atoms. The molecule has 0 radical (unpaired) electrons. The van der Waals surface area contributed by atoms with E-state index in [0.717, 1.165) is 36.8 Å². The second-order valence-electron chi connectivity index (χ2n) is 8.34.